The first-order chi connectivity index (χ1) is 7.22. The molecule has 0 radical (unpaired) electrons. The Morgan fingerprint density at radius 2 is 1.73 bits per heavy atom. The summed E-state index contributed by atoms with van der Waals surface area (Å²) in [6.45, 7) is 0. The Morgan fingerprint density at radius 1 is 1.13 bits per heavy atom. The van der Waals surface area contributed by atoms with Crippen LogP contribution in [0.4, 0.5) is 0 Å². The van der Waals surface area contributed by atoms with E-state index in [0.29, 0.717) is 11.2 Å². The van der Waals surface area contributed by atoms with Gasteiger partial charge >= 0.3 is 7.12 Å². The van der Waals surface area contributed by atoms with Crippen LogP contribution >= 0.6 is 0 Å². The lowest BCUT2D eigenvalue weighted by Crippen LogP contribution is -2.32. The molecule has 0 aromatic heterocycles. The van der Waals surface area contributed by atoms with Crippen molar-refractivity contribution in [3.05, 3.63) is 23.3 Å². The lowest BCUT2D eigenvalue weighted by Gasteiger charge is -2.19. The van der Waals surface area contributed by atoms with Crippen molar-refractivity contribution < 1.29 is 14.8 Å². The summed E-state index contributed by atoms with van der Waals surface area (Å²) in [5, 5.41) is 18.4. The molecule has 2 N–H and O–H groups in total. The molecule has 0 spiro atoms. The van der Waals surface area contributed by atoms with E-state index in [4.69, 9.17) is 4.74 Å². The Labute approximate surface area is 89.8 Å². The molecular weight excluding hydrogens is 191 g/mol. The van der Waals surface area contributed by atoms with Gasteiger partial charge in [-0.2, -0.15) is 0 Å². The Hall–Kier alpha value is -0.995. The van der Waals surface area contributed by atoms with Gasteiger partial charge in [-0.1, -0.05) is 6.07 Å². The van der Waals surface area contributed by atoms with Crippen molar-refractivity contribution in [2.45, 2.75) is 25.7 Å². The minimum Gasteiger partial charge on any atom is -0.497 e. The van der Waals surface area contributed by atoms with Crippen LogP contribution in [0.5, 0.6) is 5.75 Å². The standard InChI is InChI=1S/C11H15BO3/c1-15-11-7-9-5-3-2-4-8(9)6-10(11)12(13)14/h6-7,13-14H,2-5H2,1H3. The molecule has 0 saturated heterocycles. The van der Waals surface area contributed by atoms with Crippen molar-refractivity contribution in [2.24, 2.45) is 0 Å². The molecule has 0 saturated carbocycles. The van der Waals surface area contributed by atoms with E-state index < -0.39 is 7.12 Å². The highest BCUT2D eigenvalue weighted by Crippen LogP contribution is 2.24. The van der Waals surface area contributed by atoms with Gasteiger partial charge in [-0.05, 0) is 42.9 Å². The van der Waals surface area contributed by atoms with Crippen molar-refractivity contribution in [2.75, 3.05) is 7.11 Å². The van der Waals surface area contributed by atoms with Crippen LogP contribution in [0.2, 0.25) is 0 Å². The van der Waals surface area contributed by atoms with Crippen LogP contribution in [0.15, 0.2) is 12.1 Å². The third-order valence-electron chi connectivity index (χ3n) is 2.97. The Balaban J connectivity index is 2.46. The van der Waals surface area contributed by atoms with Gasteiger partial charge in [-0.15, -0.1) is 0 Å². The second kappa shape index (κ2) is 4.25. The second-order valence-corrected chi connectivity index (χ2v) is 3.94. The molecule has 0 fully saturated rings. The maximum Gasteiger partial charge on any atom is 0.492 e. The van der Waals surface area contributed by atoms with Crippen molar-refractivity contribution in [3.8, 4) is 5.75 Å². The van der Waals surface area contributed by atoms with Crippen LogP contribution in [0.3, 0.4) is 0 Å². The van der Waals surface area contributed by atoms with Gasteiger partial charge in [0.25, 0.3) is 0 Å². The fraction of sp³-hybridized carbons (Fsp3) is 0.455. The number of aryl methyl sites for hydroxylation is 2. The zero-order valence-electron chi connectivity index (χ0n) is 8.86. The van der Waals surface area contributed by atoms with Gasteiger partial charge in [0.05, 0.1) is 7.11 Å². The highest BCUT2D eigenvalue weighted by molar-refractivity contribution is 6.59. The molecule has 1 aromatic rings. The molecule has 4 heteroatoms. The van der Waals surface area contributed by atoms with E-state index in [1.165, 1.54) is 24.0 Å². The molecule has 0 amide bonds. The van der Waals surface area contributed by atoms with Gasteiger partial charge in [-0.3, -0.25) is 0 Å². The summed E-state index contributed by atoms with van der Waals surface area (Å²) < 4.78 is 5.15. The molecule has 1 aromatic carbocycles. The number of fused-ring (bicyclic) bond motifs is 1. The Morgan fingerprint density at radius 3 is 2.27 bits per heavy atom. The molecule has 3 nitrogen and oxygen atoms in total. The second-order valence-electron chi connectivity index (χ2n) is 3.94. The Bertz CT molecular complexity index is 363. The maximum absolute atomic E-state index is 9.21. The molecule has 80 valence electrons. The predicted octanol–water partition coefficient (Wildman–Crippen LogP) is 0.254. The number of ether oxygens (including phenoxy) is 1. The molecule has 15 heavy (non-hydrogen) atoms. The van der Waals surface area contributed by atoms with E-state index in [1.54, 1.807) is 7.11 Å². The van der Waals surface area contributed by atoms with Crippen molar-refractivity contribution in [1.29, 1.82) is 0 Å². The SMILES string of the molecule is COc1cc2c(cc1B(O)O)CCCC2. The number of methoxy groups -OCH3 is 1. The summed E-state index contributed by atoms with van der Waals surface area (Å²) in [5.74, 6) is 0.575. The van der Waals surface area contributed by atoms with Crippen LogP contribution in [0.1, 0.15) is 24.0 Å². The largest absolute Gasteiger partial charge is 0.497 e. The van der Waals surface area contributed by atoms with Crippen LogP contribution < -0.4 is 10.2 Å². The highest BCUT2D eigenvalue weighted by atomic mass is 16.5. The van der Waals surface area contributed by atoms with Crippen LogP contribution in [0, 0.1) is 0 Å². The lowest BCUT2D eigenvalue weighted by atomic mass is 9.76. The average Bonchev–Trinajstić information content (AvgIpc) is 2.27. The smallest absolute Gasteiger partial charge is 0.492 e. The van der Waals surface area contributed by atoms with Gasteiger partial charge in [0, 0.05) is 5.46 Å². The molecule has 0 heterocycles. The van der Waals surface area contributed by atoms with Crippen molar-refractivity contribution in [3.63, 3.8) is 0 Å². The Kier molecular flexibility index (Phi) is 2.98. The van der Waals surface area contributed by atoms with Gasteiger partial charge in [0.15, 0.2) is 0 Å². The van der Waals surface area contributed by atoms with Crippen molar-refractivity contribution in [1.82, 2.24) is 0 Å². The average molecular weight is 206 g/mol. The molecule has 1 aliphatic rings. The van der Waals surface area contributed by atoms with Gasteiger partial charge in [0.1, 0.15) is 5.75 Å². The third-order valence-corrected chi connectivity index (χ3v) is 2.97. The molecular formula is C11H15BO3. The van der Waals surface area contributed by atoms with Gasteiger partial charge < -0.3 is 14.8 Å². The topological polar surface area (TPSA) is 49.7 Å². The summed E-state index contributed by atoms with van der Waals surface area (Å²) in [4.78, 5) is 0. The number of benzene rings is 1. The highest BCUT2D eigenvalue weighted by Gasteiger charge is 2.20. The molecule has 0 unspecified atom stereocenters. The minimum atomic E-state index is -1.45. The molecule has 0 atom stereocenters. The zero-order chi connectivity index (χ0) is 10.8. The van der Waals surface area contributed by atoms with E-state index in [1.807, 2.05) is 12.1 Å². The maximum atomic E-state index is 9.21. The summed E-state index contributed by atoms with van der Waals surface area (Å²) >= 11 is 0. The molecule has 0 bridgehead atoms. The van der Waals surface area contributed by atoms with E-state index in [-0.39, 0.29) is 0 Å². The van der Waals surface area contributed by atoms with Crippen LogP contribution in [-0.4, -0.2) is 24.3 Å². The van der Waals surface area contributed by atoms with E-state index in [9.17, 15) is 10.0 Å². The molecule has 2 rings (SSSR count). The first-order valence-corrected chi connectivity index (χ1v) is 5.28. The van der Waals surface area contributed by atoms with Gasteiger partial charge in [0.2, 0.25) is 0 Å². The fourth-order valence-electron chi connectivity index (χ4n) is 2.16. The molecule has 0 aliphatic heterocycles. The summed E-state index contributed by atoms with van der Waals surface area (Å²) in [7, 11) is 0.100. The minimum absolute atomic E-state index is 0.471. The fourth-order valence-corrected chi connectivity index (χ4v) is 2.16. The quantitative estimate of drug-likeness (QED) is 0.682. The van der Waals surface area contributed by atoms with E-state index in [2.05, 4.69) is 0 Å². The monoisotopic (exact) mass is 206 g/mol. The number of rotatable bonds is 2. The van der Waals surface area contributed by atoms with Crippen molar-refractivity contribution >= 4 is 12.6 Å². The first-order valence-electron chi connectivity index (χ1n) is 5.28. The first kappa shape index (κ1) is 10.5. The summed E-state index contributed by atoms with van der Waals surface area (Å²) in [6, 6.07) is 3.79. The number of hydrogen-bond donors (Lipinski definition) is 2. The summed E-state index contributed by atoms with van der Waals surface area (Å²) in [5.41, 5.74) is 2.98. The van der Waals surface area contributed by atoms with Crippen LogP contribution in [-0.2, 0) is 12.8 Å². The lowest BCUT2D eigenvalue weighted by molar-refractivity contribution is 0.402. The molecule has 1 aliphatic carbocycles. The van der Waals surface area contributed by atoms with Crippen LogP contribution in [0.25, 0.3) is 0 Å². The van der Waals surface area contributed by atoms with Gasteiger partial charge in [-0.25, -0.2) is 0 Å². The normalized spacial score (nSPS) is 14.6. The van der Waals surface area contributed by atoms with E-state index >= 15 is 0 Å². The number of hydrogen-bond acceptors (Lipinski definition) is 3. The third kappa shape index (κ3) is 2.01. The predicted molar refractivity (Wildman–Crippen MR) is 59.5 cm³/mol. The van der Waals surface area contributed by atoms with E-state index in [0.717, 1.165) is 12.8 Å². The summed E-state index contributed by atoms with van der Waals surface area (Å²) in [6.07, 6.45) is 4.48. The zero-order valence-corrected chi connectivity index (χ0v) is 8.86.